The average molecular weight is 278 g/mol. The fourth-order valence-electron chi connectivity index (χ4n) is 1.91. The third-order valence-corrected chi connectivity index (χ3v) is 2.94. The van der Waals surface area contributed by atoms with Crippen molar-refractivity contribution in [3.05, 3.63) is 77.4 Å². The molecule has 0 saturated carbocycles. The van der Waals surface area contributed by atoms with Crippen LogP contribution in [-0.4, -0.2) is 12.6 Å². The van der Waals surface area contributed by atoms with Gasteiger partial charge in [0.05, 0.1) is 6.61 Å². The summed E-state index contributed by atoms with van der Waals surface area (Å²) in [5.74, 6) is -0.320. The summed E-state index contributed by atoms with van der Waals surface area (Å²) < 4.78 is 4.89. The van der Waals surface area contributed by atoms with Crippen LogP contribution in [0.1, 0.15) is 23.6 Å². The summed E-state index contributed by atoms with van der Waals surface area (Å²) in [6, 6.07) is 18.0. The first kappa shape index (κ1) is 14.8. The number of hydrogen-bond acceptors (Lipinski definition) is 2. The van der Waals surface area contributed by atoms with Crippen LogP contribution in [0.3, 0.4) is 0 Å². The van der Waals surface area contributed by atoms with Gasteiger partial charge < -0.3 is 4.74 Å². The lowest BCUT2D eigenvalue weighted by Crippen LogP contribution is -1.98. The standard InChI is InChI=1S/C19H18O2/c1-2-21-19(20)15-14-18-11-7-6-10-17(18)13-12-16-8-4-3-5-9-16/h3-15H,2H2,1H3. The third-order valence-electron chi connectivity index (χ3n) is 2.94. The molecule has 2 aromatic rings. The van der Waals surface area contributed by atoms with Crippen molar-refractivity contribution in [2.24, 2.45) is 0 Å². The van der Waals surface area contributed by atoms with E-state index >= 15 is 0 Å². The SMILES string of the molecule is CCOC(=O)C=Cc1ccccc1C=Cc1ccccc1. The number of esters is 1. The van der Waals surface area contributed by atoms with Crippen molar-refractivity contribution in [2.45, 2.75) is 6.92 Å². The minimum absolute atomic E-state index is 0.320. The smallest absolute Gasteiger partial charge is 0.330 e. The first-order chi connectivity index (χ1) is 10.3. The molecule has 0 aliphatic rings. The van der Waals surface area contributed by atoms with E-state index in [2.05, 4.69) is 6.08 Å². The van der Waals surface area contributed by atoms with Gasteiger partial charge in [0, 0.05) is 6.08 Å². The Morgan fingerprint density at radius 1 is 0.905 bits per heavy atom. The van der Waals surface area contributed by atoms with E-state index in [1.54, 1.807) is 13.0 Å². The number of ether oxygens (including phenoxy) is 1. The van der Waals surface area contributed by atoms with Crippen LogP contribution >= 0.6 is 0 Å². The molecule has 2 heteroatoms. The van der Waals surface area contributed by atoms with E-state index in [1.807, 2.05) is 60.7 Å². The predicted octanol–water partition coefficient (Wildman–Crippen LogP) is 4.43. The summed E-state index contributed by atoms with van der Waals surface area (Å²) in [7, 11) is 0. The minimum atomic E-state index is -0.320. The molecule has 0 radical (unpaired) electrons. The summed E-state index contributed by atoms with van der Waals surface area (Å²) in [5, 5.41) is 0. The van der Waals surface area contributed by atoms with Crippen molar-refractivity contribution < 1.29 is 9.53 Å². The van der Waals surface area contributed by atoms with Crippen LogP contribution in [-0.2, 0) is 9.53 Å². The highest BCUT2D eigenvalue weighted by atomic mass is 16.5. The Labute approximate surface area is 125 Å². The summed E-state index contributed by atoms with van der Waals surface area (Å²) in [6.45, 7) is 2.18. The van der Waals surface area contributed by atoms with E-state index < -0.39 is 0 Å². The molecule has 2 aromatic carbocycles. The van der Waals surface area contributed by atoms with Crippen molar-refractivity contribution in [1.29, 1.82) is 0 Å². The maximum atomic E-state index is 11.4. The molecule has 0 saturated heterocycles. The molecular weight excluding hydrogens is 260 g/mol. The van der Waals surface area contributed by atoms with Gasteiger partial charge in [0.15, 0.2) is 0 Å². The molecule has 0 unspecified atom stereocenters. The van der Waals surface area contributed by atoms with Crippen molar-refractivity contribution in [3.8, 4) is 0 Å². The molecule has 0 aromatic heterocycles. The second-order valence-corrected chi connectivity index (χ2v) is 4.46. The number of carbonyl (C=O) groups is 1. The van der Waals surface area contributed by atoms with Gasteiger partial charge in [0.25, 0.3) is 0 Å². The quantitative estimate of drug-likeness (QED) is 0.459. The Bertz CT molecular complexity index is 640. The Balaban J connectivity index is 2.17. The Hall–Kier alpha value is -2.61. The summed E-state index contributed by atoms with van der Waals surface area (Å²) in [4.78, 5) is 11.4. The molecule has 106 valence electrons. The first-order valence-corrected chi connectivity index (χ1v) is 6.96. The monoisotopic (exact) mass is 278 g/mol. The third kappa shape index (κ3) is 4.77. The highest BCUT2D eigenvalue weighted by molar-refractivity contribution is 5.88. The molecule has 2 nitrogen and oxygen atoms in total. The summed E-state index contributed by atoms with van der Waals surface area (Å²) >= 11 is 0. The highest BCUT2D eigenvalue weighted by Crippen LogP contribution is 2.15. The summed E-state index contributed by atoms with van der Waals surface area (Å²) in [6.07, 6.45) is 7.33. The van der Waals surface area contributed by atoms with Crippen LogP contribution in [0.25, 0.3) is 18.2 Å². The minimum Gasteiger partial charge on any atom is -0.463 e. The van der Waals surface area contributed by atoms with Crippen LogP contribution in [0.15, 0.2) is 60.7 Å². The predicted molar refractivity (Wildman–Crippen MR) is 87.5 cm³/mol. The normalized spacial score (nSPS) is 11.1. The van der Waals surface area contributed by atoms with Gasteiger partial charge in [-0.05, 0) is 29.7 Å². The molecule has 0 amide bonds. The van der Waals surface area contributed by atoms with E-state index in [0.717, 1.165) is 16.7 Å². The molecule has 0 bridgehead atoms. The second-order valence-electron chi connectivity index (χ2n) is 4.46. The van der Waals surface area contributed by atoms with Gasteiger partial charge in [0.1, 0.15) is 0 Å². The maximum absolute atomic E-state index is 11.4. The Morgan fingerprint density at radius 3 is 2.19 bits per heavy atom. The van der Waals surface area contributed by atoms with Gasteiger partial charge in [0.2, 0.25) is 0 Å². The number of hydrogen-bond donors (Lipinski definition) is 0. The number of rotatable bonds is 5. The molecular formula is C19H18O2. The topological polar surface area (TPSA) is 26.3 Å². The lowest BCUT2D eigenvalue weighted by Gasteiger charge is -2.01. The van der Waals surface area contributed by atoms with Crippen molar-refractivity contribution in [3.63, 3.8) is 0 Å². The largest absolute Gasteiger partial charge is 0.463 e. The molecule has 0 aliphatic heterocycles. The molecule has 0 fully saturated rings. The van der Waals surface area contributed by atoms with E-state index in [4.69, 9.17) is 4.74 Å². The van der Waals surface area contributed by atoms with Crippen LogP contribution in [0.4, 0.5) is 0 Å². The molecule has 0 heterocycles. The van der Waals surface area contributed by atoms with Crippen molar-refractivity contribution in [1.82, 2.24) is 0 Å². The molecule has 21 heavy (non-hydrogen) atoms. The zero-order valence-electron chi connectivity index (χ0n) is 12.0. The van der Waals surface area contributed by atoms with Crippen molar-refractivity contribution >= 4 is 24.2 Å². The fourth-order valence-corrected chi connectivity index (χ4v) is 1.91. The van der Waals surface area contributed by atoms with E-state index in [9.17, 15) is 4.79 Å². The van der Waals surface area contributed by atoms with Crippen LogP contribution in [0, 0.1) is 0 Å². The van der Waals surface area contributed by atoms with Crippen LogP contribution < -0.4 is 0 Å². The molecule has 0 aliphatic carbocycles. The lowest BCUT2D eigenvalue weighted by molar-refractivity contribution is -0.137. The molecule has 0 spiro atoms. The van der Waals surface area contributed by atoms with Gasteiger partial charge in [-0.25, -0.2) is 4.79 Å². The average Bonchev–Trinajstić information content (AvgIpc) is 2.53. The van der Waals surface area contributed by atoms with E-state index in [-0.39, 0.29) is 5.97 Å². The second kappa shape index (κ2) is 7.85. The Morgan fingerprint density at radius 2 is 1.52 bits per heavy atom. The molecule has 0 N–H and O–H groups in total. The highest BCUT2D eigenvalue weighted by Gasteiger charge is 1.97. The van der Waals surface area contributed by atoms with E-state index in [1.165, 1.54) is 6.08 Å². The van der Waals surface area contributed by atoms with Gasteiger partial charge in [-0.15, -0.1) is 0 Å². The molecule has 2 rings (SSSR count). The zero-order chi connectivity index (χ0) is 14.9. The zero-order valence-corrected chi connectivity index (χ0v) is 12.0. The maximum Gasteiger partial charge on any atom is 0.330 e. The lowest BCUT2D eigenvalue weighted by atomic mass is 10.1. The molecule has 0 atom stereocenters. The van der Waals surface area contributed by atoms with Gasteiger partial charge in [-0.1, -0.05) is 66.7 Å². The van der Waals surface area contributed by atoms with Crippen LogP contribution in [0.5, 0.6) is 0 Å². The number of benzene rings is 2. The summed E-state index contributed by atoms with van der Waals surface area (Å²) in [5.41, 5.74) is 3.18. The van der Waals surface area contributed by atoms with E-state index in [0.29, 0.717) is 6.61 Å². The van der Waals surface area contributed by atoms with Gasteiger partial charge >= 0.3 is 5.97 Å². The first-order valence-electron chi connectivity index (χ1n) is 6.96. The van der Waals surface area contributed by atoms with Gasteiger partial charge in [-0.2, -0.15) is 0 Å². The fraction of sp³-hybridized carbons (Fsp3) is 0.105. The Kier molecular flexibility index (Phi) is 5.53. The number of carbonyl (C=O) groups excluding carboxylic acids is 1. The van der Waals surface area contributed by atoms with Crippen molar-refractivity contribution in [2.75, 3.05) is 6.61 Å². The van der Waals surface area contributed by atoms with Gasteiger partial charge in [-0.3, -0.25) is 0 Å². The van der Waals surface area contributed by atoms with Crippen LogP contribution in [0.2, 0.25) is 0 Å².